The average molecular weight is 453 g/mol. The third kappa shape index (κ3) is 3.89. The summed E-state index contributed by atoms with van der Waals surface area (Å²) in [6.45, 7) is 0.835. The first-order valence-corrected chi connectivity index (χ1v) is 10.5. The highest BCUT2D eigenvalue weighted by Gasteiger charge is 2.55. The Morgan fingerprint density at radius 2 is 2.16 bits per heavy atom. The van der Waals surface area contributed by atoms with Gasteiger partial charge in [0.2, 0.25) is 0 Å². The SMILES string of the molecule is COc1cccc2c(N3CC4(CC(N(CC(O)C(F)(F)F)SN)C4)C3)c(C#N)cnc12. The number of benzene rings is 1. The van der Waals surface area contributed by atoms with Crippen LogP contribution in [0, 0.1) is 16.7 Å². The fraction of sp³-hybridized carbons (Fsp3) is 0.500. The average Bonchev–Trinajstić information content (AvgIpc) is 2.69. The minimum Gasteiger partial charge on any atom is -0.494 e. The third-order valence-electron chi connectivity index (χ3n) is 6.15. The molecule has 1 atom stereocenters. The van der Waals surface area contributed by atoms with Crippen LogP contribution in [0.3, 0.4) is 0 Å². The smallest absolute Gasteiger partial charge is 0.415 e. The summed E-state index contributed by atoms with van der Waals surface area (Å²) in [5.41, 5.74) is 1.93. The summed E-state index contributed by atoms with van der Waals surface area (Å²) >= 11 is 0.737. The molecule has 1 spiro atoms. The number of ether oxygens (including phenoxy) is 1. The van der Waals surface area contributed by atoms with Gasteiger partial charge in [0.25, 0.3) is 0 Å². The number of aliphatic hydroxyl groups is 1. The Morgan fingerprint density at radius 1 is 1.45 bits per heavy atom. The number of halogens is 3. The number of aromatic nitrogens is 1. The van der Waals surface area contributed by atoms with E-state index >= 15 is 0 Å². The molecule has 0 bridgehead atoms. The number of para-hydroxylation sites is 1. The second kappa shape index (κ2) is 8.02. The van der Waals surface area contributed by atoms with Crippen molar-refractivity contribution < 1.29 is 23.0 Å². The van der Waals surface area contributed by atoms with Crippen molar-refractivity contribution in [3.63, 3.8) is 0 Å². The zero-order valence-electron chi connectivity index (χ0n) is 16.8. The molecule has 2 aliphatic rings. The van der Waals surface area contributed by atoms with Crippen LogP contribution in [0.2, 0.25) is 0 Å². The van der Waals surface area contributed by atoms with E-state index in [2.05, 4.69) is 16.0 Å². The van der Waals surface area contributed by atoms with Gasteiger partial charge in [-0.3, -0.25) is 10.1 Å². The van der Waals surface area contributed by atoms with E-state index in [4.69, 9.17) is 9.88 Å². The van der Waals surface area contributed by atoms with E-state index in [9.17, 15) is 23.5 Å². The summed E-state index contributed by atoms with van der Waals surface area (Å²) < 4.78 is 44.8. The summed E-state index contributed by atoms with van der Waals surface area (Å²) in [6.07, 6.45) is -4.17. The topological polar surface area (TPSA) is 98.6 Å². The lowest BCUT2D eigenvalue weighted by Crippen LogP contribution is -2.66. The van der Waals surface area contributed by atoms with Crippen LogP contribution < -0.4 is 14.8 Å². The van der Waals surface area contributed by atoms with Crippen LogP contribution in [-0.2, 0) is 0 Å². The van der Waals surface area contributed by atoms with E-state index in [1.165, 1.54) is 4.31 Å². The van der Waals surface area contributed by atoms with Crippen molar-refractivity contribution in [2.75, 3.05) is 31.6 Å². The maximum atomic E-state index is 12.7. The van der Waals surface area contributed by atoms with Crippen molar-refractivity contribution in [3.8, 4) is 11.8 Å². The molecule has 1 aliphatic heterocycles. The van der Waals surface area contributed by atoms with E-state index in [1.54, 1.807) is 13.3 Å². The van der Waals surface area contributed by atoms with E-state index in [-0.39, 0.29) is 11.5 Å². The van der Waals surface area contributed by atoms with Gasteiger partial charge in [-0.2, -0.15) is 18.4 Å². The van der Waals surface area contributed by atoms with Crippen LogP contribution in [0.15, 0.2) is 24.4 Å². The van der Waals surface area contributed by atoms with Crippen LogP contribution in [0.25, 0.3) is 10.9 Å². The standard InChI is InChI=1S/C20H22F3N5O2S/c1-30-15-4-2-3-14-17(15)26-8-12(7-24)18(14)27-10-19(11-27)5-13(6-19)28(31-25)9-16(29)20(21,22)23/h2-4,8,13,16,29H,5-6,9-11,25H2,1H3. The van der Waals surface area contributed by atoms with Crippen LogP contribution in [0.4, 0.5) is 18.9 Å². The monoisotopic (exact) mass is 453 g/mol. The van der Waals surface area contributed by atoms with Crippen LogP contribution in [0.1, 0.15) is 18.4 Å². The number of fused-ring (bicyclic) bond motifs is 1. The molecular formula is C20H22F3N5O2S. The summed E-state index contributed by atoms with van der Waals surface area (Å²) in [7, 11) is 1.57. The molecule has 1 unspecified atom stereocenters. The zero-order valence-corrected chi connectivity index (χ0v) is 17.6. The van der Waals surface area contributed by atoms with Gasteiger partial charge in [-0.15, -0.1) is 0 Å². The van der Waals surface area contributed by atoms with Gasteiger partial charge in [-0.25, -0.2) is 4.31 Å². The Kier molecular flexibility index (Phi) is 5.68. The number of nitrogens with two attached hydrogens (primary N) is 1. The Labute approximate surface area is 181 Å². The van der Waals surface area contributed by atoms with Crippen LogP contribution in [-0.4, -0.2) is 59.5 Å². The maximum absolute atomic E-state index is 12.7. The Morgan fingerprint density at radius 3 is 2.74 bits per heavy atom. The van der Waals surface area contributed by atoms with Gasteiger partial charge in [0.05, 0.1) is 18.4 Å². The lowest BCUT2D eigenvalue weighted by Gasteiger charge is -2.61. The van der Waals surface area contributed by atoms with Crippen molar-refractivity contribution in [2.45, 2.75) is 31.2 Å². The van der Waals surface area contributed by atoms with Gasteiger partial charge in [0.15, 0.2) is 6.10 Å². The molecule has 1 aliphatic carbocycles. The number of nitrogens with zero attached hydrogens (tertiary/aromatic N) is 4. The second-order valence-corrected chi connectivity index (χ2v) is 8.85. The van der Waals surface area contributed by atoms with Gasteiger partial charge in [0, 0.05) is 54.8 Å². The van der Waals surface area contributed by atoms with Crippen molar-refractivity contribution >= 4 is 28.7 Å². The number of anilines is 1. The largest absolute Gasteiger partial charge is 0.494 e. The van der Waals surface area contributed by atoms with Crippen LogP contribution >= 0.6 is 12.1 Å². The first-order chi connectivity index (χ1) is 14.7. The normalized spacial score (nSPS) is 19.2. The molecule has 1 aromatic heterocycles. The molecule has 0 amide bonds. The Hall–Kier alpha value is -2.26. The van der Waals surface area contributed by atoms with E-state index in [1.807, 2.05) is 18.2 Å². The molecule has 0 radical (unpaired) electrons. The molecule has 4 rings (SSSR count). The number of aliphatic hydroxyl groups excluding tert-OH is 1. The number of alkyl halides is 3. The van der Waals surface area contributed by atoms with E-state index in [0.717, 1.165) is 23.2 Å². The lowest BCUT2D eigenvalue weighted by molar-refractivity contribution is -0.207. The molecule has 3 N–H and O–H groups in total. The number of nitriles is 1. The molecular weight excluding hydrogens is 431 g/mol. The van der Waals surface area contributed by atoms with E-state index in [0.29, 0.717) is 42.8 Å². The molecule has 31 heavy (non-hydrogen) atoms. The highest BCUT2D eigenvalue weighted by Crippen LogP contribution is 2.53. The zero-order chi connectivity index (χ0) is 22.4. The number of rotatable bonds is 6. The van der Waals surface area contributed by atoms with Crippen molar-refractivity contribution in [2.24, 2.45) is 10.6 Å². The highest BCUT2D eigenvalue weighted by molar-refractivity contribution is 7.94. The van der Waals surface area contributed by atoms with Crippen LogP contribution in [0.5, 0.6) is 5.75 Å². The minimum absolute atomic E-state index is 0.0248. The van der Waals surface area contributed by atoms with Gasteiger partial charge < -0.3 is 14.7 Å². The molecule has 166 valence electrons. The molecule has 1 saturated carbocycles. The first-order valence-electron chi connectivity index (χ1n) is 9.70. The highest BCUT2D eigenvalue weighted by atomic mass is 32.2. The van der Waals surface area contributed by atoms with Gasteiger partial charge >= 0.3 is 6.18 Å². The first kappa shape index (κ1) is 22.0. The number of hydrogen-bond donors (Lipinski definition) is 2. The number of hydrogen-bond acceptors (Lipinski definition) is 8. The van der Waals surface area contributed by atoms with E-state index < -0.39 is 18.8 Å². The molecule has 11 heteroatoms. The second-order valence-electron chi connectivity index (χ2n) is 8.17. The Bertz CT molecular complexity index is 1010. The van der Waals surface area contributed by atoms with Crippen molar-refractivity contribution in [1.82, 2.24) is 9.29 Å². The maximum Gasteiger partial charge on any atom is 0.415 e. The fourth-order valence-electron chi connectivity index (χ4n) is 4.64. The molecule has 1 aromatic carbocycles. The van der Waals surface area contributed by atoms with Gasteiger partial charge in [0.1, 0.15) is 17.3 Å². The third-order valence-corrected chi connectivity index (χ3v) is 6.87. The number of methoxy groups -OCH3 is 1. The molecule has 7 nitrogen and oxygen atoms in total. The van der Waals surface area contributed by atoms with Gasteiger partial charge in [-0.1, -0.05) is 12.1 Å². The molecule has 1 saturated heterocycles. The minimum atomic E-state index is -4.67. The van der Waals surface area contributed by atoms with Gasteiger partial charge in [-0.05, 0) is 18.9 Å². The van der Waals surface area contributed by atoms with Crippen molar-refractivity contribution in [1.29, 1.82) is 5.26 Å². The summed E-state index contributed by atoms with van der Waals surface area (Å²) in [6, 6.07) is 7.64. The quantitative estimate of drug-likeness (QED) is 0.645. The molecule has 2 aromatic rings. The summed E-state index contributed by atoms with van der Waals surface area (Å²) in [5.74, 6) is 0.626. The number of pyridine rings is 1. The predicted octanol–water partition coefficient (Wildman–Crippen LogP) is 2.83. The summed E-state index contributed by atoms with van der Waals surface area (Å²) in [4.78, 5) is 6.49. The Balaban J connectivity index is 1.47. The molecule has 2 heterocycles. The lowest BCUT2D eigenvalue weighted by atomic mass is 9.60. The fourth-order valence-corrected chi connectivity index (χ4v) is 5.19. The van der Waals surface area contributed by atoms with Crippen molar-refractivity contribution in [3.05, 3.63) is 30.0 Å². The molecule has 2 fully saturated rings. The summed E-state index contributed by atoms with van der Waals surface area (Å²) in [5, 5.41) is 25.3. The predicted molar refractivity (Wildman–Crippen MR) is 111 cm³/mol.